The van der Waals surface area contributed by atoms with Gasteiger partial charge in [-0.3, -0.25) is 4.79 Å². The summed E-state index contributed by atoms with van der Waals surface area (Å²) in [6, 6.07) is 21.9. The molecule has 4 rings (SSSR count). The van der Waals surface area contributed by atoms with Crippen LogP contribution in [0.1, 0.15) is 68.6 Å². The molecule has 3 aromatic carbocycles. The van der Waals surface area contributed by atoms with Crippen LogP contribution in [0.2, 0.25) is 16.6 Å². The normalized spacial score (nSPS) is 12.1. The number of pyridine rings is 1. The quantitative estimate of drug-likeness (QED) is 0.131. The topological polar surface area (TPSA) is 48.4 Å². The fraction of sp³-hybridized carbons (Fsp3) is 0.353. The Bertz CT molecular complexity index is 1510. The van der Waals surface area contributed by atoms with Gasteiger partial charge in [-0.05, 0) is 88.3 Å². The summed E-state index contributed by atoms with van der Waals surface area (Å²) in [6.45, 7) is 16.4. The van der Waals surface area contributed by atoms with Crippen molar-refractivity contribution in [2.75, 3.05) is 7.11 Å². The summed E-state index contributed by atoms with van der Waals surface area (Å²) in [6.07, 6.45) is 0. The van der Waals surface area contributed by atoms with Gasteiger partial charge in [0.05, 0.1) is 19.2 Å². The second-order valence-electron chi connectivity index (χ2n) is 11.5. The molecule has 1 heterocycles. The highest BCUT2D eigenvalue weighted by Crippen LogP contribution is 2.43. The van der Waals surface area contributed by atoms with Gasteiger partial charge in [0.15, 0.2) is 5.78 Å². The average molecular weight is 619 g/mol. The standard InChI is InChI=1S/C34H40BrNO3Si/c1-21(2)40(22(3)4,23(5)6)39-20-25-10-9-11-26(17-25)29-19-33(38-8)36-32-15-13-28(18-30(29)32)34(37)27-12-14-31(35)24(7)16-27/h9-19,21-23H,20H2,1-8H3. The molecular weight excluding hydrogens is 578 g/mol. The van der Waals surface area contributed by atoms with Gasteiger partial charge >= 0.3 is 0 Å². The van der Waals surface area contributed by atoms with Gasteiger partial charge in [0, 0.05) is 27.1 Å². The summed E-state index contributed by atoms with van der Waals surface area (Å²) in [5, 5.41) is 0.911. The lowest BCUT2D eigenvalue weighted by molar-refractivity contribution is 0.103. The molecule has 0 N–H and O–H groups in total. The fourth-order valence-electron chi connectivity index (χ4n) is 6.18. The van der Waals surface area contributed by atoms with Crippen molar-refractivity contribution < 1.29 is 14.0 Å². The van der Waals surface area contributed by atoms with Crippen molar-refractivity contribution in [1.29, 1.82) is 0 Å². The Balaban J connectivity index is 1.75. The number of carbonyl (C=O) groups is 1. The number of benzene rings is 3. The van der Waals surface area contributed by atoms with E-state index in [1.165, 1.54) is 0 Å². The Morgan fingerprint density at radius 1 is 0.875 bits per heavy atom. The first-order chi connectivity index (χ1) is 19.0. The summed E-state index contributed by atoms with van der Waals surface area (Å²) in [5.41, 5.74) is 7.82. The maximum atomic E-state index is 13.4. The van der Waals surface area contributed by atoms with Crippen molar-refractivity contribution in [2.45, 2.75) is 71.7 Å². The molecule has 40 heavy (non-hydrogen) atoms. The van der Waals surface area contributed by atoms with Gasteiger partial charge in [-0.15, -0.1) is 0 Å². The first kappa shape index (κ1) is 30.2. The van der Waals surface area contributed by atoms with E-state index in [1.807, 2.05) is 49.4 Å². The Hall–Kier alpha value is -2.80. The molecule has 0 amide bonds. The van der Waals surface area contributed by atoms with E-state index < -0.39 is 8.32 Å². The number of aromatic nitrogens is 1. The molecule has 6 heteroatoms. The van der Waals surface area contributed by atoms with Crippen LogP contribution in [-0.2, 0) is 11.0 Å². The molecule has 0 radical (unpaired) electrons. The van der Waals surface area contributed by atoms with E-state index in [0.29, 0.717) is 40.2 Å². The van der Waals surface area contributed by atoms with Crippen LogP contribution in [0.4, 0.5) is 0 Å². The maximum absolute atomic E-state index is 13.4. The van der Waals surface area contributed by atoms with Crippen molar-refractivity contribution in [3.05, 3.63) is 93.5 Å². The van der Waals surface area contributed by atoms with Crippen LogP contribution in [0.5, 0.6) is 5.88 Å². The van der Waals surface area contributed by atoms with Crippen molar-refractivity contribution in [3.8, 4) is 17.0 Å². The van der Waals surface area contributed by atoms with E-state index in [9.17, 15) is 4.79 Å². The Kier molecular flexibility index (Phi) is 9.33. The Labute approximate surface area is 248 Å². The SMILES string of the molecule is COc1cc(-c2cccc(CO[Si](C(C)C)(C(C)C)C(C)C)c2)c2cc(C(=O)c3ccc(Br)c(C)c3)ccc2n1. The summed E-state index contributed by atoms with van der Waals surface area (Å²) in [4.78, 5) is 18.1. The molecule has 1 aromatic heterocycles. The molecule has 4 aromatic rings. The average Bonchev–Trinajstić information content (AvgIpc) is 2.93. The highest BCUT2D eigenvalue weighted by molar-refractivity contribution is 9.10. The minimum Gasteiger partial charge on any atom is -0.481 e. The number of ketones is 1. The van der Waals surface area contributed by atoms with Crippen LogP contribution in [0.25, 0.3) is 22.0 Å². The number of halogens is 1. The number of fused-ring (bicyclic) bond motifs is 1. The third-order valence-electron chi connectivity index (χ3n) is 8.11. The lowest BCUT2D eigenvalue weighted by Gasteiger charge is -2.42. The largest absolute Gasteiger partial charge is 0.481 e. The zero-order valence-electron chi connectivity index (χ0n) is 24.8. The van der Waals surface area contributed by atoms with Crippen LogP contribution >= 0.6 is 15.9 Å². The third kappa shape index (κ3) is 5.95. The molecule has 0 saturated carbocycles. The predicted molar refractivity (Wildman–Crippen MR) is 172 cm³/mol. The summed E-state index contributed by atoms with van der Waals surface area (Å²) in [7, 11) is -0.367. The smallest absolute Gasteiger partial charge is 0.214 e. The molecule has 0 aliphatic rings. The van der Waals surface area contributed by atoms with E-state index >= 15 is 0 Å². The molecule has 0 unspecified atom stereocenters. The minimum absolute atomic E-state index is 0.0150. The van der Waals surface area contributed by atoms with E-state index in [-0.39, 0.29) is 5.78 Å². The second-order valence-corrected chi connectivity index (χ2v) is 17.9. The lowest BCUT2D eigenvalue weighted by atomic mass is 9.95. The minimum atomic E-state index is -2.00. The van der Waals surface area contributed by atoms with Gasteiger partial charge < -0.3 is 9.16 Å². The summed E-state index contributed by atoms with van der Waals surface area (Å²) >= 11 is 3.53. The molecule has 0 fully saturated rings. The van der Waals surface area contributed by atoms with Gasteiger partial charge in [-0.25, -0.2) is 4.98 Å². The highest BCUT2D eigenvalue weighted by atomic mass is 79.9. The zero-order valence-corrected chi connectivity index (χ0v) is 27.4. The monoisotopic (exact) mass is 617 g/mol. The van der Waals surface area contributed by atoms with Crippen LogP contribution < -0.4 is 4.74 Å². The molecule has 0 saturated heterocycles. The molecule has 0 atom stereocenters. The van der Waals surface area contributed by atoms with E-state index in [2.05, 4.69) is 86.7 Å². The lowest BCUT2D eigenvalue weighted by Crippen LogP contribution is -2.47. The molecule has 4 nitrogen and oxygen atoms in total. The highest BCUT2D eigenvalue weighted by Gasteiger charge is 2.44. The van der Waals surface area contributed by atoms with Crippen LogP contribution in [0, 0.1) is 6.92 Å². The number of hydrogen-bond acceptors (Lipinski definition) is 4. The number of hydrogen-bond donors (Lipinski definition) is 0. The zero-order chi connectivity index (χ0) is 29.2. The molecule has 0 bridgehead atoms. The number of carbonyl (C=O) groups excluding carboxylic acids is 1. The number of methoxy groups -OCH3 is 1. The van der Waals surface area contributed by atoms with Gasteiger partial charge in [0.2, 0.25) is 14.2 Å². The summed E-state index contributed by atoms with van der Waals surface area (Å²) in [5.74, 6) is 0.524. The van der Waals surface area contributed by atoms with E-state index in [1.54, 1.807) is 7.11 Å². The number of nitrogens with zero attached hydrogens (tertiary/aromatic N) is 1. The Morgan fingerprint density at radius 3 is 2.15 bits per heavy atom. The first-order valence-corrected chi connectivity index (χ1v) is 16.9. The van der Waals surface area contributed by atoms with Crippen molar-refractivity contribution in [1.82, 2.24) is 4.98 Å². The molecule has 0 aliphatic carbocycles. The molecule has 0 aliphatic heterocycles. The summed E-state index contributed by atoms with van der Waals surface area (Å²) < 4.78 is 13.4. The Morgan fingerprint density at radius 2 is 1.52 bits per heavy atom. The van der Waals surface area contributed by atoms with Crippen LogP contribution in [0.3, 0.4) is 0 Å². The van der Waals surface area contributed by atoms with Gasteiger partial charge in [0.1, 0.15) is 0 Å². The van der Waals surface area contributed by atoms with E-state index in [4.69, 9.17) is 9.16 Å². The van der Waals surface area contributed by atoms with Crippen LogP contribution in [0.15, 0.2) is 71.2 Å². The van der Waals surface area contributed by atoms with Gasteiger partial charge in [-0.1, -0.05) is 75.7 Å². The van der Waals surface area contributed by atoms with Crippen LogP contribution in [-0.4, -0.2) is 26.2 Å². The third-order valence-corrected chi connectivity index (χ3v) is 15.1. The molecule has 0 spiro atoms. The maximum Gasteiger partial charge on any atom is 0.214 e. The fourth-order valence-corrected chi connectivity index (χ4v) is 11.8. The van der Waals surface area contributed by atoms with Crippen molar-refractivity contribution >= 4 is 40.9 Å². The molecular formula is C34H40BrNO3Si. The number of ether oxygens (including phenoxy) is 1. The van der Waals surface area contributed by atoms with Gasteiger partial charge in [-0.2, -0.15) is 0 Å². The van der Waals surface area contributed by atoms with Crippen molar-refractivity contribution in [2.24, 2.45) is 0 Å². The number of rotatable bonds is 10. The predicted octanol–water partition coefficient (Wildman–Crippen LogP) is 9.90. The molecule has 210 valence electrons. The first-order valence-electron chi connectivity index (χ1n) is 14.0. The van der Waals surface area contributed by atoms with E-state index in [0.717, 1.165) is 37.6 Å². The van der Waals surface area contributed by atoms with Crippen molar-refractivity contribution in [3.63, 3.8) is 0 Å². The van der Waals surface area contributed by atoms with Gasteiger partial charge in [0.25, 0.3) is 0 Å². The second kappa shape index (κ2) is 12.4. The number of aryl methyl sites for hydroxylation is 1.